The van der Waals surface area contributed by atoms with Crippen molar-refractivity contribution in [3.63, 3.8) is 0 Å². The second-order valence-corrected chi connectivity index (χ2v) is 4.58. The third-order valence-corrected chi connectivity index (χ3v) is 3.03. The zero-order valence-corrected chi connectivity index (χ0v) is 12.7. The standard InChI is InChI=1S/C16H23N3O2/c1-3-20-13-5-11-19-12-10-17-16(19)18-14-6-8-15(9-7-14)21-4-2/h6-10,12H,3-5,11,13H2,1-2H3,(H,17,18). The molecule has 0 fully saturated rings. The van der Waals surface area contributed by atoms with Crippen LogP contribution >= 0.6 is 0 Å². The summed E-state index contributed by atoms with van der Waals surface area (Å²) in [6.45, 7) is 7.09. The van der Waals surface area contributed by atoms with Crippen LogP contribution in [-0.4, -0.2) is 29.4 Å². The molecule has 2 aromatic rings. The van der Waals surface area contributed by atoms with E-state index in [2.05, 4.69) is 14.9 Å². The Labute approximate surface area is 125 Å². The summed E-state index contributed by atoms with van der Waals surface area (Å²) in [5, 5.41) is 3.32. The average molecular weight is 289 g/mol. The largest absolute Gasteiger partial charge is 0.494 e. The number of hydrogen-bond acceptors (Lipinski definition) is 4. The fourth-order valence-corrected chi connectivity index (χ4v) is 2.03. The van der Waals surface area contributed by atoms with Gasteiger partial charge in [-0.1, -0.05) is 0 Å². The molecule has 0 bridgehead atoms. The molecule has 0 spiro atoms. The molecule has 1 N–H and O–H groups in total. The van der Waals surface area contributed by atoms with Crippen molar-refractivity contribution in [1.82, 2.24) is 9.55 Å². The molecule has 0 amide bonds. The summed E-state index contributed by atoms with van der Waals surface area (Å²) < 4.78 is 12.9. The van der Waals surface area contributed by atoms with Gasteiger partial charge in [0.2, 0.25) is 5.95 Å². The summed E-state index contributed by atoms with van der Waals surface area (Å²) in [6, 6.07) is 7.89. The molecule has 0 aliphatic heterocycles. The molecule has 2 rings (SSSR count). The van der Waals surface area contributed by atoms with Crippen LogP contribution in [0.1, 0.15) is 20.3 Å². The van der Waals surface area contributed by atoms with Gasteiger partial charge in [0.25, 0.3) is 0 Å². The summed E-state index contributed by atoms with van der Waals surface area (Å²) in [5.41, 5.74) is 0.996. The molecule has 5 heteroatoms. The predicted molar refractivity (Wildman–Crippen MR) is 84.2 cm³/mol. The van der Waals surface area contributed by atoms with Crippen molar-refractivity contribution in [2.45, 2.75) is 26.8 Å². The zero-order valence-electron chi connectivity index (χ0n) is 12.7. The maximum absolute atomic E-state index is 5.43. The first-order chi connectivity index (χ1) is 10.3. The van der Waals surface area contributed by atoms with E-state index in [1.807, 2.05) is 44.3 Å². The second-order valence-electron chi connectivity index (χ2n) is 4.58. The molecular weight excluding hydrogens is 266 g/mol. The summed E-state index contributed by atoms with van der Waals surface area (Å²) in [7, 11) is 0. The summed E-state index contributed by atoms with van der Waals surface area (Å²) in [6.07, 6.45) is 4.75. The van der Waals surface area contributed by atoms with Gasteiger partial charge in [-0.15, -0.1) is 0 Å². The number of benzene rings is 1. The third-order valence-electron chi connectivity index (χ3n) is 3.03. The van der Waals surface area contributed by atoms with Crippen molar-refractivity contribution in [2.75, 3.05) is 25.1 Å². The molecule has 1 heterocycles. The lowest BCUT2D eigenvalue weighted by Gasteiger charge is -2.10. The van der Waals surface area contributed by atoms with E-state index >= 15 is 0 Å². The lowest BCUT2D eigenvalue weighted by atomic mass is 10.3. The molecule has 1 aromatic carbocycles. The molecule has 0 saturated heterocycles. The Kier molecular flexibility index (Phi) is 6.09. The molecule has 5 nitrogen and oxygen atoms in total. The highest BCUT2D eigenvalue weighted by molar-refractivity contribution is 5.54. The lowest BCUT2D eigenvalue weighted by molar-refractivity contribution is 0.142. The Morgan fingerprint density at radius 1 is 1.14 bits per heavy atom. The predicted octanol–water partition coefficient (Wildman–Crippen LogP) is 3.45. The molecule has 0 saturated carbocycles. The highest BCUT2D eigenvalue weighted by Crippen LogP contribution is 2.19. The van der Waals surface area contributed by atoms with E-state index in [4.69, 9.17) is 9.47 Å². The molecule has 114 valence electrons. The maximum Gasteiger partial charge on any atom is 0.207 e. The average Bonchev–Trinajstić information content (AvgIpc) is 2.93. The van der Waals surface area contributed by atoms with Crippen molar-refractivity contribution in [3.8, 4) is 5.75 Å². The SMILES string of the molecule is CCOCCCn1ccnc1Nc1ccc(OCC)cc1. The van der Waals surface area contributed by atoms with Crippen LogP contribution in [0.5, 0.6) is 5.75 Å². The molecule has 0 aliphatic rings. The van der Waals surface area contributed by atoms with Crippen molar-refractivity contribution in [2.24, 2.45) is 0 Å². The number of nitrogens with one attached hydrogen (secondary N) is 1. The Balaban J connectivity index is 1.91. The summed E-state index contributed by atoms with van der Waals surface area (Å²) in [5.74, 6) is 1.72. The number of aryl methyl sites for hydroxylation is 1. The summed E-state index contributed by atoms with van der Waals surface area (Å²) >= 11 is 0. The fourth-order valence-electron chi connectivity index (χ4n) is 2.03. The Bertz CT molecular complexity index is 523. The monoisotopic (exact) mass is 289 g/mol. The van der Waals surface area contributed by atoms with Crippen LogP contribution in [0.2, 0.25) is 0 Å². The van der Waals surface area contributed by atoms with Crippen LogP contribution in [0.3, 0.4) is 0 Å². The molecule has 1 aromatic heterocycles. The minimum absolute atomic E-state index is 0.678. The van der Waals surface area contributed by atoms with E-state index in [0.717, 1.165) is 43.6 Å². The lowest BCUT2D eigenvalue weighted by Crippen LogP contribution is -2.06. The molecular formula is C16H23N3O2. The van der Waals surface area contributed by atoms with Crippen LogP contribution in [0, 0.1) is 0 Å². The summed E-state index contributed by atoms with van der Waals surface area (Å²) in [4.78, 5) is 4.35. The van der Waals surface area contributed by atoms with E-state index in [0.29, 0.717) is 6.61 Å². The maximum atomic E-state index is 5.43. The Hall–Kier alpha value is -2.01. The van der Waals surface area contributed by atoms with Crippen molar-refractivity contribution in [3.05, 3.63) is 36.7 Å². The van der Waals surface area contributed by atoms with Crippen molar-refractivity contribution in [1.29, 1.82) is 0 Å². The molecule has 21 heavy (non-hydrogen) atoms. The highest BCUT2D eigenvalue weighted by Gasteiger charge is 2.03. The Morgan fingerprint density at radius 2 is 1.95 bits per heavy atom. The minimum Gasteiger partial charge on any atom is -0.494 e. The number of nitrogens with zero attached hydrogens (tertiary/aromatic N) is 2. The van der Waals surface area contributed by atoms with E-state index in [9.17, 15) is 0 Å². The number of ether oxygens (including phenoxy) is 2. The number of aromatic nitrogens is 2. The van der Waals surface area contributed by atoms with Gasteiger partial charge in [0.15, 0.2) is 0 Å². The third kappa shape index (κ3) is 4.79. The topological polar surface area (TPSA) is 48.3 Å². The van der Waals surface area contributed by atoms with Gasteiger partial charge >= 0.3 is 0 Å². The second kappa shape index (κ2) is 8.32. The Morgan fingerprint density at radius 3 is 2.67 bits per heavy atom. The molecule has 0 unspecified atom stereocenters. The quantitative estimate of drug-likeness (QED) is 0.718. The number of imidazole rings is 1. The van der Waals surface area contributed by atoms with Crippen LogP contribution in [0.4, 0.5) is 11.6 Å². The van der Waals surface area contributed by atoms with E-state index < -0.39 is 0 Å². The van der Waals surface area contributed by atoms with Gasteiger partial charge in [0.05, 0.1) is 6.61 Å². The minimum atomic E-state index is 0.678. The number of anilines is 2. The zero-order chi connectivity index (χ0) is 14.9. The van der Waals surface area contributed by atoms with Gasteiger partial charge in [0.1, 0.15) is 5.75 Å². The molecule has 0 radical (unpaired) electrons. The molecule has 0 atom stereocenters. The van der Waals surface area contributed by atoms with E-state index in [1.54, 1.807) is 6.20 Å². The van der Waals surface area contributed by atoms with Crippen LogP contribution in [0.15, 0.2) is 36.7 Å². The number of rotatable bonds is 9. The van der Waals surface area contributed by atoms with Crippen molar-refractivity contribution < 1.29 is 9.47 Å². The van der Waals surface area contributed by atoms with Gasteiger partial charge < -0.3 is 19.4 Å². The van der Waals surface area contributed by atoms with Crippen LogP contribution in [-0.2, 0) is 11.3 Å². The molecule has 0 aliphatic carbocycles. The normalized spacial score (nSPS) is 10.6. The van der Waals surface area contributed by atoms with Crippen LogP contribution in [0.25, 0.3) is 0 Å². The van der Waals surface area contributed by atoms with E-state index in [1.165, 1.54) is 0 Å². The van der Waals surface area contributed by atoms with Crippen LogP contribution < -0.4 is 10.1 Å². The first-order valence-corrected chi connectivity index (χ1v) is 7.42. The van der Waals surface area contributed by atoms with Gasteiger partial charge in [-0.25, -0.2) is 4.98 Å². The van der Waals surface area contributed by atoms with Gasteiger partial charge in [-0.05, 0) is 44.5 Å². The first-order valence-electron chi connectivity index (χ1n) is 7.42. The first kappa shape index (κ1) is 15.4. The highest BCUT2D eigenvalue weighted by atomic mass is 16.5. The van der Waals surface area contributed by atoms with Crippen molar-refractivity contribution >= 4 is 11.6 Å². The van der Waals surface area contributed by atoms with Gasteiger partial charge in [0, 0.05) is 37.8 Å². The van der Waals surface area contributed by atoms with Gasteiger partial charge in [-0.2, -0.15) is 0 Å². The smallest absolute Gasteiger partial charge is 0.207 e. The number of hydrogen-bond donors (Lipinski definition) is 1. The van der Waals surface area contributed by atoms with Gasteiger partial charge in [-0.3, -0.25) is 0 Å². The van der Waals surface area contributed by atoms with E-state index in [-0.39, 0.29) is 0 Å². The fraction of sp³-hybridized carbons (Fsp3) is 0.438.